The third-order valence-electron chi connectivity index (χ3n) is 3.26. The first-order chi connectivity index (χ1) is 9.52. The summed E-state index contributed by atoms with van der Waals surface area (Å²) < 4.78 is 18.9. The molecule has 4 heteroatoms. The minimum Gasteiger partial charge on any atom is -0.497 e. The summed E-state index contributed by atoms with van der Waals surface area (Å²) in [5.74, 6) is 0.452. The van der Waals surface area contributed by atoms with Gasteiger partial charge in [0.15, 0.2) is 0 Å². The largest absolute Gasteiger partial charge is 0.497 e. The lowest BCUT2D eigenvalue weighted by atomic mass is 9.99. The summed E-state index contributed by atoms with van der Waals surface area (Å²) in [7, 11) is 1.62. The van der Waals surface area contributed by atoms with E-state index in [0.29, 0.717) is 17.0 Å². The highest BCUT2D eigenvalue weighted by atomic mass is 35.5. The van der Waals surface area contributed by atoms with Gasteiger partial charge in [-0.25, -0.2) is 4.39 Å². The van der Waals surface area contributed by atoms with Gasteiger partial charge in [0.25, 0.3) is 0 Å². The fourth-order valence-corrected chi connectivity index (χ4v) is 2.78. The maximum atomic E-state index is 13.8. The van der Waals surface area contributed by atoms with Crippen LogP contribution in [0.4, 0.5) is 4.39 Å². The quantitative estimate of drug-likeness (QED) is 0.694. The number of halogens is 3. The molecule has 0 bridgehead atoms. The number of benzene rings is 2. The molecule has 106 valence electrons. The van der Waals surface area contributed by atoms with E-state index in [9.17, 15) is 4.39 Å². The highest BCUT2D eigenvalue weighted by Gasteiger charge is 2.16. The van der Waals surface area contributed by atoms with Gasteiger partial charge in [-0.05, 0) is 48.7 Å². The monoisotopic (exact) mass is 312 g/mol. The highest BCUT2D eigenvalue weighted by molar-refractivity contribution is 6.31. The van der Waals surface area contributed by atoms with Gasteiger partial charge in [0.2, 0.25) is 0 Å². The van der Waals surface area contributed by atoms with Crippen molar-refractivity contribution in [1.82, 2.24) is 0 Å². The Morgan fingerprint density at radius 3 is 2.60 bits per heavy atom. The van der Waals surface area contributed by atoms with Crippen LogP contribution in [0, 0.1) is 12.7 Å². The van der Waals surface area contributed by atoms with E-state index in [4.69, 9.17) is 27.9 Å². The topological polar surface area (TPSA) is 9.23 Å². The van der Waals surface area contributed by atoms with Crippen LogP contribution < -0.4 is 4.74 Å². The normalized spacial score (nSPS) is 12.2. The second-order valence-corrected chi connectivity index (χ2v) is 5.53. The summed E-state index contributed by atoms with van der Waals surface area (Å²) in [4.78, 5) is 0. The van der Waals surface area contributed by atoms with Crippen molar-refractivity contribution in [1.29, 1.82) is 0 Å². The molecule has 0 spiro atoms. The van der Waals surface area contributed by atoms with E-state index in [2.05, 4.69) is 0 Å². The number of methoxy groups -OCH3 is 1. The van der Waals surface area contributed by atoms with Gasteiger partial charge in [0.05, 0.1) is 12.5 Å². The van der Waals surface area contributed by atoms with Gasteiger partial charge in [0, 0.05) is 10.6 Å². The smallest absolute Gasteiger partial charge is 0.127 e. The lowest BCUT2D eigenvalue weighted by Crippen LogP contribution is -2.01. The number of hydrogen-bond donors (Lipinski definition) is 0. The molecule has 0 aliphatic carbocycles. The Labute approximate surface area is 128 Å². The molecule has 1 atom stereocenters. The fraction of sp³-hybridized carbons (Fsp3) is 0.250. The van der Waals surface area contributed by atoms with Crippen molar-refractivity contribution < 1.29 is 9.13 Å². The van der Waals surface area contributed by atoms with Crippen LogP contribution in [-0.4, -0.2) is 7.11 Å². The van der Waals surface area contributed by atoms with Crippen molar-refractivity contribution in [2.75, 3.05) is 7.11 Å². The van der Waals surface area contributed by atoms with Crippen LogP contribution in [-0.2, 0) is 6.42 Å². The highest BCUT2D eigenvalue weighted by Crippen LogP contribution is 2.32. The SMILES string of the molecule is COc1ccc(C(Cl)Cc2c(F)cccc2Cl)c(C)c1. The van der Waals surface area contributed by atoms with E-state index in [1.165, 1.54) is 6.07 Å². The molecule has 2 rings (SSSR count). The predicted octanol–water partition coefficient (Wildman–Crippen LogP) is 5.32. The van der Waals surface area contributed by atoms with Crippen molar-refractivity contribution in [2.24, 2.45) is 0 Å². The predicted molar refractivity (Wildman–Crippen MR) is 81.4 cm³/mol. The van der Waals surface area contributed by atoms with Gasteiger partial charge in [-0.2, -0.15) is 0 Å². The average Bonchev–Trinajstić information content (AvgIpc) is 2.42. The second kappa shape index (κ2) is 6.47. The average molecular weight is 313 g/mol. The first kappa shape index (κ1) is 15.1. The molecule has 1 unspecified atom stereocenters. The van der Waals surface area contributed by atoms with E-state index in [0.717, 1.165) is 16.9 Å². The number of hydrogen-bond acceptors (Lipinski definition) is 1. The van der Waals surface area contributed by atoms with E-state index in [1.54, 1.807) is 19.2 Å². The third kappa shape index (κ3) is 3.25. The molecule has 0 saturated heterocycles. The van der Waals surface area contributed by atoms with E-state index in [1.807, 2.05) is 25.1 Å². The van der Waals surface area contributed by atoms with Gasteiger partial charge in [-0.15, -0.1) is 11.6 Å². The van der Waals surface area contributed by atoms with Crippen LogP contribution in [0.2, 0.25) is 5.02 Å². The zero-order valence-electron chi connectivity index (χ0n) is 11.3. The summed E-state index contributed by atoms with van der Waals surface area (Å²) in [5, 5.41) is 0.0668. The van der Waals surface area contributed by atoms with Crippen molar-refractivity contribution in [2.45, 2.75) is 18.7 Å². The molecule has 0 aromatic heterocycles. The fourth-order valence-electron chi connectivity index (χ4n) is 2.14. The van der Waals surface area contributed by atoms with Crippen LogP contribution in [0.1, 0.15) is 22.1 Å². The van der Waals surface area contributed by atoms with Crippen molar-refractivity contribution in [3.63, 3.8) is 0 Å². The number of ether oxygens (including phenoxy) is 1. The second-order valence-electron chi connectivity index (χ2n) is 4.59. The summed E-state index contributed by atoms with van der Waals surface area (Å²) in [5.41, 5.74) is 2.41. The Morgan fingerprint density at radius 1 is 1.25 bits per heavy atom. The molecule has 2 aromatic rings. The first-order valence-electron chi connectivity index (χ1n) is 6.24. The lowest BCUT2D eigenvalue weighted by Gasteiger charge is -2.15. The van der Waals surface area contributed by atoms with Crippen LogP contribution in [0.25, 0.3) is 0 Å². The molecule has 0 amide bonds. The minimum atomic E-state index is -0.338. The van der Waals surface area contributed by atoms with Crippen LogP contribution >= 0.6 is 23.2 Å². The molecule has 0 N–H and O–H groups in total. The first-order valence-corrected chi connectivity index (χ1v) is 7.06. The molecule has 1 nitrogen and oxygen atoms in total. The molecule has 0 aliphatic heterocycles. The van der Waals surface area contributed by atoms with Gasteiger partial charge < -0.3 is 4.74 Å². The Bertz CT molecular complexity index is 593. The molecule has 0 heterocycles. The van der Waals surface area contributed by atoms with Crippen molar-refractivity contribution in [3.8, 4) is 5.75 Å². The summed E-state index contributed by atoms with van der Waals surface area (Å²) in [6, 6.07) is 10.3. The van der Waals surface area contributed by atoms with E-state index < -0.39 is 0 Å². The van der Waals surface area contributed by atoms with Gasteiger partial charge in [-0.3, -0.25) is 0 Å². The molecule has 0 fully saturated rings. The standard InChI is InChI=1S/C16H15Cl2FO/c1-10-8-11(20-2)6-7-12(10)15(18)9-13-14(17)4-3-5-16(13)19/h3-8,15H,9H2,1-2H3. The minimum absolute atomic E-state index is 0.325. The van der Waals surface area contributed by atoms with Crippen molar-refractivity contribution >= 4 is 23.2 Å². The molecule has 0 radical (unpaired) electrons. The molecule has 20 heavy (non-hydrogen) atoms. The Kier molecular flexibility index (Phi) is 4.90. The summed E-state index contributed by atoms with van der Waals surface area (Å²) in [6.45, 7) is 1.95. The maximum Gasteiger partial charge on any atom is 0.127 e. The number of rotatable bonds is 4. The maximum absolute atomic E-state index is 13.8. The van der Waals surface area contributed by atoms with Crippen LogP contribution in [0.3, 0.4) is 0 Å². The molecule has 0 aliphatic rings. The van der Waals surface area contributed by atoms with Crippen LogP contribution in [0.15, 0.2) is 36.4 Å². The third-order valence-corrected chi connectivity index (χ3v) is 4.00. The molecule has 0 saturated carbocycles. The molecular weight excluding hydrogens is 298 g/mol. The van der Waals surface area contributed by atoms with Gasteiger partial charge in [0.1, 0.15) is 11.6 Å². The van der Waals surface area contributed by atoms with E-state index >= 15 is 0 Å². The van der Waals surface area contributed by atoms with Crippen molar-refractivity contribution in [3.05, 3.63) is 63.9 Å². The number of alkyl halides is 1. The van der Waals surface area contributed by atoms with Crippen LogP contribution in [0.5, 0.6) is 5.75 Å². The van der Waals surface area contributed by atoms with E-state index in [-0.39, 0.29) is 11.2 Å². The zero-order valence-corrected chi connectivity index (χ0v) is 12.8. The molecular formula is C16H15Cl2FO. The lowest BCUT2D eigenvalue weighted by molar-refractivity contribution is 0.414. The zero-order chi connectivity index (χ0) is 14.7. The number of aryl methyl sites for hydroxylation is 1. The summed E-state index contributed by atoms with van der Waals surface area (Å²) in [6.07, 6.45) is 0.347. The Hall–Kier alpha value is -1.25. The Morgan fingerprint density at radius 2 is 2.00 bits per heavy atom. The van der Waals surface area contributed by atoms with Gasteiger partial charge >= 0.3 is 0 Å². The summed E-state index contributed by atoms with van der Waals surface area (Å²) >= 11 is 12.4. The Balaban J connectivity index is 2.26. The van der Waals surface area contributed by atoms with Gasteiger partial charge in [-0.1, -0.05) is 23.7 Å². The molecule has 2 aromatic carbocycles.